The van der Waals surface area contributed by atoms with E-state index in [1.165, 1.54) is 0 Å². The van der Waals surface area contributed by atoms with Gasteiger partial charge in [-0.3, -0.25) is 4.79 Å². The van der Waals surface area contributed by atoms with Gasteiger partial charge in [0.25, 0.3) is 5.56 Å². The van der Waals surface area contributed by atoms with Gasteiger partial charge in [0.2, 0.25) is 0 Å². The molecular formula is C24H26N2O4. The third kappa shape index (κ3) is 2.82. The van der Waals surface area contributed by atoms with Crippen molar-refractivity contribution in [1.82, 2.24) is 9.55 Å². The first-order valence-corrected chi connectivity index (χ1v) is 10.5. The summed E-state index contributed by atoms with van der Waals surface area (Å²) in [6.07, 6.45) is -0.422. The molecule has 0 amide bonds. The number of hydrogen-bond acceptors (Lipinski definition) is 5. The van der Waals surface area contributed by atoms with Crippen LogP contribution in [0.5, 0.6) is 0 Å². The Kier molecular flexibility index (Phi) is 4.54. The van der Waals surface area contributed by atoms with E-state index in [0.717, 1.165) is 27.9 Å². The number of para-hydroxylation sites is 1. The van der Waals surface area contributed by atoms with E-state index in [-0.39, 0.29) is 12.2 Å². The lowest BCUT2D eigenvalue weighted by molar-refractivity contribution is -0.262. The van der Waals surface area contributed by atoms with Crippen molar-refractivity contribution >= 4 is 10.9 Å². The lowest BCUT2D eigenvalue weighted by Gasteiger charge is -2.40. The number of ether oxygens (including phenoxy) is 2. The first kappa shape index (κ1) is 19.4. The van der Waals surface area contributed by atoms with Gasteiger partial charge in [0.1, 0.15) is 5.60 Å². The first-order valence-electron chi connectivity index (χ1n) is 10.5. The Morgan fingerprint density at radius 3 is 2.90 bits per heavy atom. The van der Waals surface area contributed by atoms with Crippen LogP contribution in [0.2, 0.25) is 0 Å². The monoisotopic (exact) mass is 406 g/mol. The molecule has 30 heavy (non-hydrogen) atoms. The molecule has 0 saturated carbocycles. The molecule has 0 saturated heterocycles. The van der Waals surface area contributed by atoms with Crippen LogP contribution in [-0.2, 0) is 28.2 Å². The molecule has 0 aliphatic carbocycles. The fraction of sp³-hybridized carbons (Fsp3) is 0.417. The minimum absolute atomic E-state index is 0.126. The number of aromatic nitrogens is 2. The van der Waals surface area contributed by atoms with E-state index in [1.807, 2.05) is 51.1 Å². The molecule has 5 rings (SSSR count). The molecule has 0 fully saturated rings. The molecule has 1 aromatic carbocycles. The summed E-state index contributed by atoms with van der Waals surface area (Å²) in [4.78, 5) is 18.2. The first-order chi connectivity index (χ1) is 14.4. The minimum atomic E-state index is -1.38. The zero-order chi connectivity index (χ0) is 21.0. The number of aliphatic hydroxyl groups is 1. The highest BCUT2D eigenvalue weighted by Crippen LogP contribution is 2.41. The van der Waals surface area contributed by atoms with Crippen LogP contribution < -0.4 is 5.56 Å². The normalized spacial score (nSPS) is 22.2. The number of fused-ring (bicyclic) bond motifs is 5. The third-order valence-electron chi connectivity index (χ3n) is 6.13. The van der Waals surface area contributed by atoms with E-state index in [2.05, 4.69) is 6.07 Å². The summed E-state index contributed by atoms with van der Waals surface area (Å²) in [7, 11) is 0. The summed E-state index contributed by atoms with van der Waals surface area (Å²) in [6, 6.07) is 12.0. The van der Waals surface area contributed by atoms with Gasteiger partial charge in [-0.05, 0) is 30.5 Å². The Morgan fingerprint density at radius 2 is 2.13 bits per heavy atom. The van der Waals surface area contributed by atoms with Crippen LogP contribution in [0, 0.1) is 5.92 Å². The Morgan fingerprint density at radius 1 is 1.33 bits per heavy atom. The fourth-order valence-corrected chi connectivity index (χ4v) is 4.49. The van der Waals surface area contributed by atoms with Crippen molar-refractivity contribution in [3.63, 3.8) is 0 Å². The smallest absolute Gasteiger partial charge is 0.257 e. The van der Waals surface area contributed by atoms with E-state index in [0.29, 0.717) is 36.6 Å². The molecular weight excluding hydrogens is 380 g/mol. The van der Waals surface area contributed by atoms with Crippen LogP contribution in [0.3, 0.4) is 0 Å². The summed E-state index contributed by atoms with van der Waals surface area (Å²) in [6.45, 7) is 7.07. The molecule has 3 aromatic rings. The Balaban J connectivity index is 1.66. The standard InChI is InChI=1S/C24H26N2O4/c1-4-24(28)18-10-20-21-16(9-15-7-5-6-8-19(15)25-21)11-26(20)22(27)17(18)13-30-23(24)29-12-14(2)3/h5-10,14,23,28H,4,11-13H2,1-3H3/t23-,24+/m1/s1. The van der Waals surface area contributed by atoms with Crippen molar-refractivity contribution in [3.05, 3.63) is 63.4 Å². The summed E-state index contributed by atoms with van der Waals surface area (Å²) in [5.74, 6) is 0.311. The van der Waals surface area contributed by atoms with E-state index < -0.39 is 11.9 Å². The van der Waals surface area contributed by atoms with Gasteiger partial charge >= 0.3 is 0 Å². The van der Waals surface area contributed by atoms with Crippen LogP contribution in [0.1, 0.15) is 43.9 Å². The van der Waals surface area contributed by atoms with Gasteiger partial charge in [-0.2, -0.15) is 0 Å². The molecule has 4 heterocycles. The minimum Gasteiger partial charge on any atom is -0.380 e. The molecule has 6 nitrogen and oxygen atoms in total. The zero-order valence-corrected chi connectivity index (χ0v) is 17.5. The number of nitrogens with zero attached hydrogens (tertiary/aromatic N) is 2. The van der Waals surface area contributed by atoms with Crippen molar-refractivity contribution in [2.45, 2.75) is 52.2 Å². The molecule has 0 unspecified atom stereocenters. The highest BCUT2D eigenvalue weighted by atomic mass is 16.7. The molecule has 2 aromatic heterocycles. The van der Waals surface area contributed by atoms with Gasteiger partial charge in [0.15, 0.2) is 6.29 Å². The van der Waals surface area contributed by atoms with Gasteiger partial charge in [-0.1, -0.05) is 39.0 Å². The maximum Gasteiger partial charge on any atom is 0.257 e. The number of hydrogen-bond donors (Lipinski definition) is 1. The maximum absolute atomic E-state index is 13.3. The molecule has 6 heteroatoms. The van der Waals surface area contributed by atoms with Crippen molar-refractivity contribution in [3.8, 4) is 11.4 Å². The summed E-state index contributed by atoms with van der Waals surface area (Å²) in [5.41, 5.74) is 3.06. The van der Waals surface area contributed by atoms with Crippen LogP contribution in [-0.4, -0.2) is 27.6 Å². The van der Waals surface area contributed by atoms with Crippen LogP contribution in [0.15, 0.2) is 41.2 Å². The summed E-state index contributed by atoms with van der Waals surface area (Å²) >= 11 is 0. The average molecular weight is 406 g/mol. The van der Waals surface area contributed by atoms with Crippen molar-refractivity contribution in [1.29, 1.82) is 0 Å². The van der Waals surface area contributed by atoms with Gasteiger partial charge in [0.05, 0.1) is 36.7 Å². The molecule has 0 bridgehead atoms. The lowest BCUT2D eigenvalue weighted by Crippen LogP contribution is -2.49. The summed E-state index contributed by atoms with van der Waals surface area (Å²) < 4.78 is 13.5. The largest absolute Gasteiger partial charge is 0.380 e. The maximum atomic E-state index is 13.3. The molecule has 0 spiro atoms. The van der Waals surface area contributed by atoms with Gasteiger partial charge in [-0.15, -0.1) is 0 Å². The lowest BCUT2D eigenvalue weighted by atomic mass is 9.85. The Hall–Kier alpha value is -2.54. The van der Waals surface area contributed by atoms with E-state index in [4.69, 9.17) is 14.5 Å². The molecule has 0 radical (unpaired) electrons. The molecule has 156 valence electrons. The van der Waals surface area contributed by atoms with Crippen LogP contribution in [0.25, 0.3) is 22.3 Å². The zero-order valence-electron chi connectivity index (χ0n) is 17.5. The van der Waals surface area contributed by atoms with Crippen molar-refractivity contribution < 1.29 is 14.6 Å². The van der Waals surface area contributed by atoms with E-state index in [1.54, 1.807) is 4.57 Å². The van der Waals surface area contributed by atoms with Crippen LogP contribution in [0.4, 0.5) is 0 Å². The SMILES string of the molecule is CC[C@]1(O)c2cc3n(c(=O)c2CO[C@H]1OCC(C)C)Cc1cc2ccccc2nc1-3. The average Bonchev–Trinajstić information content (AvgIpc) is 3.10. The second kappa shape index (κ2) is 7.01. The van der Waals surface area contributed by atoms with E-state index in [9.17, 15) is 9.90 Å². The number of pyridine rings is 2. The Bertz CT molecular complexity index is 1200. The molecule has 2 aliphatic rings. The predicted molar refractivity (Wildman–Crippen MR) is 114 cm³/mol. The van der Waals surface area contributed by atoms with Crippen LogP contribution >= 0.6 is 0 Å². The van der Waals surface area contributed by atoms with E-state index >= 15 is 0 Å². The fourth-order valence-electron chi connectivity index (χ4n) is 4.49. The summed E-state index contributed by atoms with van der Waals surface area (Å²) in [5, 5.41) is 12.6. The van der Waals surface area contributed by atoms with Crippen molar-refractivity contribution in [2.75, 3.05) is 6.61 Å². The van der Waals surface area contributed by atoms with Gasteiger partial charge in [-0.25, -0.2) is 4.98 Å². The predicted octanol–water partition coefficient (Wildman–Crippen LogP) is 3.55. The van der Waals surface area contributed by atoms with Gasteiger partial charge in [0, 0.05) is 22.1 Å². The topological polar surface area (TPSA) is 73.6 Å². The number of benzene rings is 1. The highest BCUT2D eigenvalue weighted by molar-refractivity contribution is 5.84. The molecule has 2 atom stereocenters. The highest BCUT2D eigenvalue weighted by Gasteiger charge is 2.46. The second-order valence-electron chi connectivity index (χ2n) is 8.65. The second-order valence-corrected chi connectivity index (χ2v) is 8.65. The quantitative estimate of drug-likeness (QED) is 0.561. The third-order valence-corrected chi connectivity index (χ3v) is 6.13. The molecule has 2 aliphatic heterocycles. The van der Waals surface area contributed by atoms with Gasteiger partial charge < -0.3 is 19.1 Å². The molecule has 1 N–H and O–H groups in total. The van der Waals surface area contributed by atoms with Crippen molar-refractivity contribution in [2.24, 2.45) is 5.92 Å². The number of rotatable bonds is 4. The Labute approximate surface area is 175 Å².